The van der Waals surface area contributed by atoms with Gasteiger partial charge in [-0.25, -0.2) is 0 Å². The standard InChI is InChI=1S/C19H24N4O2S/c24-14-5-8-23(10-14)13-1-2-15-17(9-13)26-21-18(15)19(25)20-16-11-22-6-3-12(16)4-7-22/h1-2,9,12,14,16,24H,3-8,10-11H2,(H,20,25)/t14-,16+/m0/s1. The van der Waals surface area contributed by atoms with Crippen LogP contribution in [0.3, 0.4) is 0 Å². The highest BCUT2D eigenvalue weighted by Gasteiger charge is 2.35. The first-order valence-corrected chi connectivity index (χ1v) is 10.3. The summed E-state index contributed by atoms with van der Waals surface area (Å²) in [5.74, 6) is 0.571. The van der Waals surface area contributed by atoms with Gasteiger partial charge in [0.15, 0.2) is 0 Å². The predicted molar refractivity (Wildman–Crippen MR) is 103 cm³/mol. The minimum atomic E-state index is -0.241. The van der Waals surface area contributed by atoms with Crippen LogP contribution in [0.15, 0.2) is 18.2 Å². The molecule has 0 radical (unpaired) electrons. The Kier molecular flexibility index (Phi) is 4.10. The van der Waals surface area contributed by atoms with Crippen molar-refractivity contribution in [1.82, 2.24) is 14.6 Å². The third-order valence-electron chi connectivity index (χ3n) is 6.17. The third kappa shape index (κ3) is 2.88. The molecule has 0 aliphatic carbocycles. The molecule has 2 bridgehead atoms. The van der Waals surface area contributed by atoms with Crippen LogP contribution < -0.4 is 10.2 Å². The number of nitrogens with zero attached hydrogens (tertiary/aromatic N) is 3. The monoisotopic (exact) mass is 372 g/mol. The number of rotatable bonds is 3. The van der Waals surface area contributed by atoms with Crippen molar-refractivity contribution in [1.29, 1.82) is 0 Å². The van der Waals surface area contributed by atoms with Gasteiger partial charge in [0.1, 0.15) is 5.69 Å². The van der Waals surface area contributed by atoms with Gasteiger partial charge >= 0.3 is 0 Å². The summed E-state index contributed by atoms with van der Waals surface area (Å²) in [6, 6.07) is 6.40. The van der Waals surface area contributed by atoms with Gasteiger partial charge in [-0.1, -0.05) is 0 Å². The lowest BCUT2D eigenvalue weighted by Crippen LogP contribution is -2.57. The number of hydrogen-bond acceptors (Lipinski definition) is 6. The lowest BCUT2D eigenvalue weighted by molar-refractivity contribution is 0.0619. The van der Waals surface area contributed by atoms with E-state index in [0.29, 0.717) is 18.2 Å². The highest BCUT2D eigenvalue weighted by molar-refractivity contribution is 7.13. The lowest BCUT2D eigenvalue weighted by atomic mass is 9.84. The van der Waals surface area contributed by atoms with Crippen molar-refractivity contribution in [3.8, 4) is 0 Å². The van der Waals surface area contributed by atoms with Crippen molar-refractivity contribution < 1.29 is 9.90 Å². The summed E-state index contributed by atoms with van der Waals surface area (Å²) in [7, 11) is 0. The minimum Gasteiger partial charge on any atom is -0.391 e. The predicted octanol–water partition coefficient (Wildman–Crippen LogP) is 1.69. The zero-order valence-electron chi connectivity index (χ0n) is 14.7. The number of benzene rings is 1. The Bertz CT molecular complexity index is 830. The number of carbonyl (C=O) groups excluding carboxylic acids is 1. The van der Waals surface area contributed by atoms with E-state index in [0.717, 1.165) is 35.3 Å². The number of anilines is 1. The molecule has 138 valence electrons. The number of aromatic nitrogens is 1. The molecule has 0 saturated carbocycles. The molecule has 2 atom stereocenters. The van der Waals surface area contributed by atoms with Crippen LogP contribution in [0.25, 0.3) is 10.1 Å². The number of piperidine rings is 3. The molecule has 4 aliphatic rings. The Labute approximate surface area is 157 Å². The Hall–Kier alpha value is -1.70. The van der Waals surface area contributed by atoms with Gasteiger partial charge in [0.25, 0.3) is 5.91 Å². The van der Waals surface area contributed by atoms with E-state index in [1.807, 2.05) is 12.1 Å². The second-order valence-corrected chi connectivity index (χ2v) is 8.62. The van der Waals surface area contributed by atoms with E-state index in [2.05, 4.69) is 25.6 Å². The smallest absolute Gasteiger partial charge is 0.271 e. The minimum absolute atomic E-state index is 0.0423. The molecule has 0 spiro atoms. The van der Waals surface area contributed by atoms with E-state index in [1.54, 1.807) is 0 Å². The Morgan fingerprint density at radius 3 is 2.73 bits per heavy atom. The molecule has 2 aromatic rings. The second-order valence-electron chi connectivity index (χ2n) is 7.82. The van der Waals surface area contributed by atoms with Gasteiger partial charge in [-0.15, -0.1) is 0 Å². The number of hydrogen-bond donors (Lipinski definition) is 2. The van der Waals surface area contributed by atoms with Crippen molar-refractivity contribution in [3.05, 3.63) is 23.9 Å². The molecule has 26 heavy (non-hydrogen) atoms. The molecule has 6 rings (SSSR count). The molecular weight excluding hydrogens is 348 g/mol. The normalized spacial score (nSPS) is 30.9. The van der Waals surface area contributed by atoms with E-state index < -0.39 is 0 Å². The molecule has 7 heteroatoms. The fourth-order valence-corrected chi connectivity index (χ4v) is 5.44. The fourth-order valence-electron chi connectivity index (χ4n) is 4.63. The molecule has 1 amide bonds. The summed E-state index contributed by atoms with van der Waals surface area (Å²) in [6.45, 7) is 4.87. The molecule has 2 N–H and O–H groups in total. The van der Waals surface area contributed by atoms with Crippen molar-refractivity contribution in [2.45, 2.75) is 31.4 Å². The fraction of sp³-hybridized carbons (Fsp3) is 0.579. The molecule has 4 aliphatic heterocycles. The maximum Gasteiger partial charge on any atom is 0.271 e. The maximum atomic E-state index is 12.8. The number of aliphatic hydroxyl groups is 1. The summed E-state index contributed by atoms with van der Waals surface area (Å²) >= 11 is 1.38. The van der Waals surface area contributed by atoms with Crippen molar-refractivity contribution in [2.75, 3.05) is 37.6 Å². The van der Waals surface area contributed by atoms with E-state index in [1.165, 1.54) is 37.5 Å². The molecule has 6 nitrogen and oxygen atoms in total. The molecule has 1 aromatic heterocycles. The zero-order chi connectivity index (χ0) is 17.7. The number of aliphatic hydroxyl groups excluding tert-OH is 1. The SMILES string of the molecule is O=C(N[C@@H]1CN2CCC1CC2)c1nsc2cc(N3CC[C@H](O)C3)ccc12. The highest BCUT2D eigenvalue weighted by atomic mass is 32.1. The number of amides is 1. The molecule has 5 heterocycles. The van der Waals surface area contributed by atoms with Crippen LogP contribution in [-0.2, 0) is 0 Å². The Balaban J connectivity index is 1.35. The largest absolute Gasteiger partial charge is 0.391 e. The summed E-state index contributed by atoms with van der Waals surface area (Å²) in [5, 5.41) is 13.9. The van der Waals surface area contributed by atoms with Crippen LogP contribution in [0.4, 0.5) is 5.69 Å². The maximum absolute atomic E-state index is 12.8. The summed E-state index contributed by atoms with van der Waals surface area (Å²) in [4.78, 5) is 17.5. The van der Waals surface area contributed by atoms with Crippen LogP contribution in [-0.4, -0.2) is 65.2 Å². The average Bonchev–Trinajstić information content (AvgIpc) is 3.28. The van der Waals surface area contributed by atoms with Crippen molar-refractivity contribution in [3.63, 3.8) is 0 Å². The topological polar surface area (TPSA) is 68.7 Å². The zero-order valence-corrected chi connectivity index (χ0v) is 15.5. The first-order chi connectivity index (χ1) is 12.7. The lowest BCUT2D eigenvalue weighted by Gasteiger charge is -2.44. The Morgan fingerprint density at radius 1 is 1.19 bits per heavy atom. The third-order valence-corrected chi connectivity index (χ3v) is 6.98. The van der Waals surface area contributed by atoms with Crippen LogP contribution in [0, 0.1) is 5.92 Å². The summed E-state index contributed by atoms with van der Waals surface area (Å²) in [6.07, 6.45) is 2.95. The summed E-state index contributed by atoms with van der Waals surface area (Å²) in [5.41, 5.74) is 1.65. The number of nitrogens with one attached hydrogen (secondary N) is 1. The van der Waals surface area contributed by atoms with Crippen LogP contribution >= 0.6 is 11.5 Å². The quantitative estimate of drug-likeness (QED) is 0.858. The van der Waals surface area contributed by atoms with Crippen LogP contribution in [0.5, 0.6) is 0 Å². The number of β-amino-alcohol motifs (C(OH)–C–C–N with tert-alkyl or cyclic N) is 1. The van der Waals surface area contributed by atoms with E-state index in [4.69, 9.17) is 0 Å². The Morgan fingerprint density at radius 2 is 2.04 bits per heavy atom. The molecule has 0 unspecified atom stereocenters. The van der Waals surface area contributed by atoms with Gasteiger partial charge in [-0.3, -0.25) is 4.79 Å². The highest BCUT2D eigenvalue weighted by Crippen LogP contribution is 2.31. The van der Waals surface area contributed by atoms with E-state index in [-0.39, 0.29) is 18.1 Å². The summed E-state index contributed by atoms with van der Waals surface area (Å²) < 4.78 is 5.48. The van der Waals surface area contributed by atoms with Gasteiger partial charge in [0.2, 0.25) is 0 Å². The van der Waals surface area contributed by atoms with Gasteiger partial charge in [0.05, 0.1) is 10.8 Å². The van der Waals surface area contributed by atoms with Gasteiger partial charge in [0, 0.05) is 36.7 Å². The molecule has 1 aromatic carbocycles. The first-order valence-electron chi connectivity index (χ1n) is 9.53. The number of carbonyl (C=O) groups is 1. The van der Waals surface area contributed by atoms with Crippen molar-refractivity contribution in [2.24, 2.45) is 5.92 Å². The van der Waals surface area contributed by atoms with Gasteiger partial charge < -0.3 is 20.2 Å². The van der Waals surface area contributed by atoms with E-state index in [9.17, 15) is 9.90 Å². The van der Waals surface area contributed by atoms with Crippen LogP contribution in [0.1, 0.15) is 29.8 Å². The second kappa shape index (κ2) is 6.48. The van der Waals surface area contributed by atoms with E-state index >= 15 is 0 Å². The molecule has 4 saturated heterocycles. The first kappa shape index (κ1) is 16.5. The van der Waals surface area contributed by atoms with Crippen molar-refractivity contribution >= 4 is 33.2 Å². The molecular formula is C19H24N4O2S. The van der Waals surface area contributed by atoms with Crippen LogP contribution in [0.2, 0.25) is 0 Å². The molecule has 4 fully saturated rings. The van der Waals surface area contributed by atoms with Gasteiger partial charge in [-0.05, 0) is 68.0 Å². The average molecular weight is 372 g/mol. The van der Waals surface area contributed by atoms with Gasteiger partial charge in [-0.2, -0.15) is 4.37 Å². The number of fused-ring (bicyclic) bond motifs is 4.